The summed E-state index contributed by atoms with van der Waals surface area (Å²) in [5.41, 5.74) is 0. The van der Waals surface area contributed by atoms with E-state index in [-0.39, 0.29) is 5.92 Å². The van der Waals surface area contributed by atoms with Gasteiger partial charge in [0.1, 0.15) is 0 Å². The summed E-state index contributed by atoms with van der Waals surface area (Å²) < 4.78 is 74.4. The molecular weight excluding hydrogens is 274 g/mol. The van der Waals surface area contributed by atoms with Crippen molar-refractivity contribution in [3.05, 3.63) is 0 Å². The zero-order valence-corrected chi connectivity index (χ0v) is 11.0. The van der Waals surface area contributed by atoms with Crippen LogP contribution in [0.4, 0.5) is 26.3 Å². The van der Waals surface area contributed by atoms with Gasteiger partial charge in [-0.3, -0.25) is 0 Å². The molecule has 0 amide bonds. The largest absolute Gasteiger partial charge is 0.403 e. The van der Waals surface area contributed by atoms with Gasteiger partial charge in [0.15, 0.2) is 5.92 Å². The summed E-state index contributed by atoms with van der Waals surface area (Å²) in [6, 6.07) is 0. The summed E-state index contributed by atoms with van der Waals surface area (Å²) in [6.45, 7) is 3.58. The molecule has 116 valence electrons. The predicted octanol–water partition coefficient (Wildman–Crippen LogP) is 4.69. The van der Waals surface area contributed by atoms with Crippen molar-refractivity contribution in [2.45, 2.75) is 64.4 Å². The van der Waals surface area contributed by atoms with Gasteiger partial charge in [-0.2, -0.15) is 26.3 Å². The molecule has 1 nitrogen and oxygen atoms in total. The van der Waals surface area contributed by atoms with Gasteiger partial charge < -0.3 is 5.11 Å². The minimum atomic E-state index is -5.47. The van der Waals surface area contributed by atoms with Crippen LogP contribution in [0.3, 0.4) is 0 Å². The minimum Gasteiger partial charge on any atom is -0.392 e. The van der Waals surface area contributed by atoms with Crippen molar-refractivity contribution in [1.29, 1.82) is 0 Å². The van der Waals surface area contributed by atoms with Crippen LogP contribution in [0, 0.1) is 11.8 Å². The molecule has 0 aliphatic rings. The number of hydrogen-bond donors (Lipinski definition) is 1. The van der Waals surface area contributed by atoms with Gasteiger partial charge in [0, 0.05) is 0 Å². The van der Waals surface area contributed by atoms with E-state index in [4.69, 9.17) is 0 Å². The van der Waals surface area contributed by atoms with E-state index in [0.29, 0.717) is 12.8 Å². The number of alkyl halides is 6. The van der Waals surface area contributed by atoms with E-state index in [0.717, 1.165) is 12.8 Å². The molecule has 0 saturated heterocycles. The van der Waals surface area contributed by atoms with Crippen molar-refractivity contribution >= 4 is 0 Å². The van der Waals surface area contributed by atoms with E-state index in [9.17, 15) is 31.4 Å². The molecular formula is C12H20F6O. The molecule has 19 heavy (non-hydrogen) atoms. The molecule has 2 unspecified atom stereocenters. The monoisotopic (exact) mass is 294 g/mol. The summed E-state index contributed by atoms with van der Waals surface area (Å²) in [5, 5.41) is 9.34. The van der Waals surface area contributed by atoms with Crippen LogP contribution in [0.25, 0.3) is 0 Å². The molecule has 0 rings (SSSR count). The molecule has 0 aliphatic heterocycles. The van der Waals surface area contributed by atoms with Crippen LogP contribution in [0.2, 0.25) is 0 Å². The van der Waals surface area contributed by atoms with Gasteiger partial charge in [-0.05, 0) is 12.3 Å². The Labute approximate surface area is 109 Å². The van der Waals surface area contributed by atoms with Crippen molar-refractivity contribution < 1.29 is 31.4 Å². The fraction of sp³-hybridized carbons (Fsp3) is 1.00. The lowest BCUT2D eigenvalue weighted by Gasteiger charge is -2.29. The molecule has 2 atom stereocenters. The summed E-state index contributed by atoms with van der Waals surface area (Å²) in [5.74, 6) is -3.97. The molecule has 0 aliphatic carbocycles. The van der Waals surface area contributed by atoms with Crippen LogP contribution in [0.15, 0.2) is 0 Å². The van der Waals surface area contributed by atoms with Gasteiger partial charge in [0.05, 0.1) is 6.10 Å². The Morgan fingerprint density at radius 2 is 1.42 bits per heavy atom. The van der Waals surface area contributed by atoms with Gasteiger partial charge >= 0.3 is 12.4 Å². The van der Waals surface area contributed by atoms with Gasteiger partial charge in [-0.25, -0.2) is 0 Å². The van der Waals surface area contributed by atoms with Gasteiger partial charge in [-0.1, -0.05) is 39.5 Å². The van der Waals surface area contributed by atoms with Crippen molar-refractivity contribution in [3.63, 3.8) is 0 Å². The number of halogens is 6. The van der Waals surface area contributed by atoms with E-state index in [1.165, 1.54) is 0 Å². The molecule has 0 fully saturated rings. The second-order valence-corrected chi connectivity index (χ2v) is 4.78. The lowest BCUT2D eigenvalue weighted by atomic mass is 9.87. The van der Waals surface area contributed by atoms with Crippen molar-refractivity contribution in [1.82, 2.24) is 0 Å². The van der Waals surface area contributed by atoms with Crippen LogP contribution in [-0.4, -0.2) is 23.6 Å². The number of aliphatic hydroxyl groups is 1. The van der Waals surface area contributed by atoms with E-state index in [1.54, 1.807) is 6.92 Å². The first kappa shape index (κ1) is 18.5. The van der Waals surface area contributed by atoms with Crippen LogP contribution in [-0.2, 0) is 0 Å². The third kappa shape index (κ3) is 6.49. The lowest BCUT2D eigenvalue weighted by molar-refractivity contribution is -0.307. The molecule has 0 heterocycles. The second kappa shape index (κ2) is 7.36. The van der Waals surface area contributed by atoms with Gasteiger partial charge in [0.25, 0.3) is 0 Å². The zero-order chi connectivity index (χ0) is 15.3. The highest BCUT2D eigenvalue weighted by Gasteiger charge is 2.60. The first-order valence-corrected chi connectivity index (χ1v) is 6.35. The third-order valence-corrected chi connectivity index (χ3v) is 3.21. The van der Waals surface area contributed by atoms with E-state index in [1.807, 2.05) is 6.92 Å². The van der Waals surface area contributed by atoms with Crippen LogP contribution >= 0.6 is 0 Å². The quantitative estimate of drug-likeness (QED) is 0.675. The lowest BCUT2D eigenvalue weighted by Crippen LogP contribution is -2.45. The smallest absolute Gasteiger partial charge is 0.392 e. The maximum Gasteiger partial charge on any atom is 0.403 e. The van der Waals surface area contributed by atoms with Crippen molar-refractivity contribution in [3.8, 4) is 0 Å². The fourth-order valence-corrected chi connectivity index (χ4v) is 2.08. The highest BCUT2D eigenvalue weighted by Crippen LogP contribution is 2.43. The fourth-order valence-electron chi connectivity index (χ4n) is 2.08. The zero-order valence-electron chi connectivity index (χ0n) is 11.0. The molecule has 0 spiro atoms. The predicted molar refractivity (Wildman–Crippen MR) is 59.5 cm³/mol. The van der Waals surface area contributed by atoms with Crippen LogP contribution in [0.5, 0.6) is 0 Å². The Kier molecular flexibility index (Phi) is 7.18. The van der Waals surface area contributed by atoms with Crippen LogP contribution in [0.1, 0.15) is 46.0 Å². The first-order valence-electron chi connectivity index (χ1n) is 6.35. The maximum absolute atomic E-state index is 12.4. The standard InChI is InChI=1S/C12H20F6O/c1-3-5-6-8(4-2)7-9(19)10(11(13,14)15)12(16,17)18/h8-10,19H,3-7H2,1-2H3. The topological polar surface area (TPSA) is 20.2 Å². The van der Waals surface area contributed by atoms with Crippen LogP contribution < -0.4 is 0 Å². The van der Waals surface area contributed by atoms with Crippen molar-refractivity contribution in [2.24, 2.45) is 11.8 Å². The Bertz CT molecular complexity index is 234. The Morgan fingerprint density at radius 1 is 0.947 bits per heavy atom. The number of unbranched alkanes of at least 4 members (excludes halogenated alkanes) is 1. The molecule has 0 bridgehead atoms. The average Bonchev–Trinajstić information content (AvgIpc) is 2.19. The average molecular weight is 294 g/mol. The summed E-state index contributed by atoms with van der Waals surface area (Å²) in [7, 11) is 0. The summed E-state index contributed by atoms with van der Waals surface area (Å²) >= 11 is 0. The summed E-state index contributed by atoms with van der Waals surface area (Å²) in [6.07, 6.45) is -11.3. The van der Waals surface area contributed by atoms with E-state index >= 15 is 0 Å². The highest BCUT2D eigenvalue weighted by atomic mass is 19.4. The maximum atomic E-state index is 12.4. The number of rotatable bonds is 7. The van der Waals surface area contributed by atoms with E-state index in [2.05, 4.69) is 0 Å². The van der Waals surface area contributed by atoms with E-state index < -0.39 is 30.8 Å². The summed E-state index contributed by atoms with van der Waals surface area (Å²) in [4.78, 5) is 0. The molecule has 7 heteroatoms. The van der Waals surface area contributed by atoms with Gasteiger partial charge in [0.2, 0.25) is 0 Å². The van der Waals surface area contributed by atoms with Gasteiger partial charge in [-0.15, -0.1) is 0 Å². The molecule has 0 saturated carbocycles. The molecule has 0 aromatic heterocycles. The Hall–Kier alpha value is -0.460. The molecule has 1 N–H and O–H groups in total. The SMILES string of the molecule is CCCCC(CC)CC(O)C(C(F)(F)F)C(F)(F)F. The molecule has 0 aromatic rings. The number of hydrogen-bond acceptors (Lipinski definition) is 1. The second-order valence-electron chi connectivity index (χ2n) is 4.78. The van der Waals surface area contributed by atoms with Crippen molar-refractivity contribution in [2.75, 3.05) is 0 Å². The first-order chi connectivity index (χ1) is 8.54. The Morgan fingerprint density at radius 3 is 1.74 bits per heavy atom. The minimum absolute atomic E-state index is 0.317. The Balaban J connectivity index is 4.77. The third-order valence-electron chi connectivity index (χ3n) is 3.21. The highest BCUT2D eigenvalue weighted by molar-refractivity contribution is 4.83. The normalized spacial score (nSPS) is 16.7. The molecule has 0 aromatic carbocycles. The number of aliphatic hydroxyl groups excluding tert-OH is 1. The molecule has 0 radical (unpaired) electrons.